The van der Waals surface area contributed by atoms with Crippen molar-refractivity contribution < 1.29 is 9.63 Å². The van der Waals surface area contributed by atoms with Crippen molar-refractivity contribution in [2.45, 2.75) is 26.3 Å². The highest BCUT2D eigenvalue weighted by Gasteiger charge is 2.10. The molecule has 0 amide bonds. The van der Waals surface area contributed by atoms with Crippen LogP contribution in [-0.4, -0.2) is 18.1 Å². The van der Waals surface area contributed by atoms with Crippen molar-refractivity contribution in [3.63, 3.8) is 0 Å². The van der Waals surface area contributed by atoms with Gasteiger partial charge < -0.3 is 10.2 Å². The maximum atomic E-state index is 10.4. The number of carbonyl (C=O) groups is 1. The lowest BCUT2D eigenvalue weighted by Crippen LogP contribution is -2.40. The third-order valence-corrected chi connectivity index (χ3v) is 0.895. The summed E-state index contributed by atoms with van der Waals surface area (Å²) in [7, 11) is 0. The molecule has 0 aliphatic carbocycles. The van der Waals surface area contributed by atoms with E-state index in [1.807, 2.05) is 20.8 Å². The summed E-state index contributed by atoms with van der Waals surface area (Å²) in [5, 5.41) is 2.92. The molecule has 0 atom stereocenters. The maximum Gasteiger partial charge on any atom is 0.338 e. The minimum Gasteiger partial charge on any atom is -0.372 e. The van der Waals surface area contributed by atoms with Gasteiger partial charge in [0.05, 0.1) is 6.54 Å². The van der Waals surface area contributed by atoms with Crippen molar-refractivity contribution in [2.75, 3.05) is 6.54 Å². The lowest BCUT2D eigenvalue weighted by molar-refractivity contribution is -0.143. The number of hydrogen-bond donors (Lipinski definition) is 2. The van der Waals surface area contributed by atoms with Crippen LogP contribution in [0.25, 0.3) is 0 Å². The van der Waals surface area contributed by atoms with Crippen molar-refractivity contribution in [2.24, 2.45) is 5.90 Å². The van der Waals surface area contributed by atoms with Crippen LogP contribution in [-0.2, 0) is 9.63 Å². The zero-order valence-corrected chi connectivity index (χ0v) is 6.60. The zero-order chi connectivity index (χ0) is 8.20. The Bertz CT molecular complexity index is 117. The number of carbonyl (C=O) groups excluding carboxylic acids is 1. The maximum absolute atomic E-state index is 10.4. The summed E-state index contributed by atoms with van der Waals surface area (Å²) in [4.78, 5) is 14.4. The van der Waals surface area contributed by atoms with Gasteiger partial charge in [-0.15, -0.1) is 0 Å². The van der Waals surface area contributed by atoms with Crippen LogP contribution >= 0.6 is 0 Å². The number of nitrogens with two attached hydrogens (primary N) is 1. The molecule has 0 spiro atoms. The van der Waals surface area contributed by atoms with Gasteiger partial charge >= 0.3 is 5.97 Å². The Kier molecular flexibility index (Phi) is 3.32. The molecular formula is C6H14N2O2. The fourth-order valence-electron chi connectivity index (χ4n) is 0.379. The number of hydrogen-bond acceptors (Lipinski definition) is 4. The van der Waals surface area contributed by atoms with Gasteiger partial charge in [-0.2, -0.15) is 5.90 Å². The van der Waals surface area contributed by atoms with Crippen LogP contribution in [0, 0.1) is 0 Å². The summed E-state index contributed by atoms with van der Waals surface area (Å²) < 4.78 is 0. The van der Waals surface area contributed by atoms with E-state index in [9.17, 15) is 4.79 Å². The second kappa shape index (κ2) is 3.53. The second-order valence-corrected chi connectivity index (χ2v) is 3.09. The van der Waals surface area contributed by atoms with Gasteiger partial charge in [-0.1, -0.05) is 0 Å². The first-order valence-corrected chi connectivity index (χ1v) is 3.10. The molecule has 0 aromatic rings. The van der Waals surface area contributed by atoms with Crippen molar-refractivity contribution in [3.8, 4) is 0 Å². The molecule has 4 heteroatoms. The zero-order valence-electron chi connectivity index (χ0n) is 6.60. The highest BCUT2D eigenvalue weighted by atomic mass is 16.7. The quantitative estimate of drug-likeness (QED) is 0.529. The van der Waals surface area contributed by atoms with E-state index in [1.165, 1.54) is 0 Å². The molecule has 0 unspecified atom stereocenters. The summed E-state index contributed by atoms with van der Waals surface area (Å²) in [6, 6.07) is 0. The summed E-state index contributed by atoms with van der Waals surface area (Å²) >= 11 is 0. The Labute approximate surface area is 60.7 Å². The molecule has 0 rings (SSSR count). The van der Waals surface area contributed by atoms with Gasteiger partial charge in [0.15, 0.2) is 0 Å². The summed E-state index contributed by atoms with van der Waals surface area (Å²) in [6.07, 6.45) is 0. The first kappa shape index (κ1) is 9.39. The molecule has 4 nitrogen and oxygen atoms in total. The van der Waals surface area contributed by atoms with Gasteiger partial charge in [0.2, 0.25) is 0 Å². The topological polar surface area (TPSA) is 64.3 Å². The van der Waals surface area contributed by atoms with Crippen molar-refractivity contribution in [1.29, 1.82) is 0 Å². The predicted octanol–water partition coefficient (Wildman–Crippen LogP) is -0.209. The van der Waals surface area contributed by atoms with Crippen LogP contribution < -0.4 is 11.2 Å². The average Bonchev–Trinajstić information content (AvgIpc) is 1.81. The largest absolute Gasteiger partial charge is 0.372 e. The molecule has 0 aliphatic heterocycles. The summed E-state index contributed by atoms with van der Waals surface area (Å²) in [6.45, 7) is 6.02. The van der Waals surface area contributed by atoms with Crippen molar-refractivity contribution >= 4 is 5.97 Å². The molecule has 0 saturated carbocycles. The fourth-order valence-corrected chi connectivity index (χ4v) is 0.379. The number of rotatable bonds is 2. The Morgan fingerprint density at radius 2 is 2.10 bits per heavy atom. The molecule has 60 valence electrons. The van der Waals surface area contributed by atoms with E-state index in [0.29, 0.717) is 0 Å². The van der Waals surface area contributed by atoms with Gasteiger partial charge in [-0.3, -0.25) is 0 Å². The van der Waals surface area contributed by atoms with E-state index in [1.54, 1.807) is 0 Å². The average molecular weight is 146 g/mol. The molecule has 0 saturated heterocycles. The predicted molar refractivity (Wildman–Crippen MR) is 38.0 cm³/mol. The van der Waals surface area contributed by atoms with Crippen LogP contribution in [0.2, 0.25) is 0 Å². The molecule has 0 radical (unpaired) electrons. The Morgan fingerprint density at radius 3 is 2.40 bits per heavy atom. The monoisotopic (exact) mass is 146 g/mol. The lowest BCUT2D eigenvalue weighted by atomic mass is 10.1. The highest BCUT2D eigenvalue weighted by molar-refractivity contribution is 5.71. The van der Waals surface area contributed by atoms with E-state index >= 15 is 0 Å². The van der Waals surface area contributed by atoms with Crippen molar-refractivity contribution in [3.05, 3.63) is 0 Å². The summed E-state index contributed by atoms with van der Waals surface area (Å²) in [5.74, 6) is 4.16. The Balaban J connectivity index is 3.46. The lowest BCUT2D eigenvalue weighted by Gasteiger charge is -2.18. The number of nitrogens with one attached hydrogen (secondary N) is 1. The third-order valence-electron chi connectivity index (χ3n) is 0.895. The summed E-state index contributed by atoms with van der Waals surface area (Å²) in [5.41, 5.74) is -0.0752. The van der Waals surface area contributed by atoms with Crippen molar-refractivity contribution in [1.82, 2.24) is 5.32 Å². The second-order valence-electron chi connectivity index (χ2n) is 3.09. The van der Waals surface area contributed by atoms with Gasteiger partial charge in [0.1, 0.15) is 0 Å². The first-order chi connectivity index (χ1) is 4.45. The van der Waals surface area contributed by atoms with Gasteiger partial charge in [0.25, 0.3) is 0 Å². The van der Waals surface area contributed by atoms with Crippen LogP contribution in [0.15, 0.2) is 0 Å². The molecule has 10 heavy (non-hydrogen) atoms. The van der Waals surface area contributed by atoms with E-state index in [4.69, 9.17) is 0 Å². The smallest absolute Gasteiger partial charge is 0.338 e. The molecule has 0 aliphatic rings. The van der Waals surface area contributed by atoms with E-state index < -0.39 is 5.97 Å². The normalized spacial score (nSPS) is 11.2. The molecule has 0 aromatic carbocycles. The van der Waals surface area contributed by atoms with Gasteiger partial charge in [-0.25, -0.2) is 4.79 Å². The first-order valence-electron chi connectivity index (χ1n) is 3.10. The third kappa shape index (κ3) is 5.53. The molecule has 0 bridgehead atoms. The Hall–Kier alpha value is -0.610. The van der Waals surface area contributed by atoms with Crippen LogP contribution in [0.1, 0.15) is 20.8 Å². The van der Waals surface area contributed by atoms with Gasteiger partial charge in [-0.05, 0) is 20.8 Å². The Morgan fingerprint density at radius 1 is 1.60 bits per heavy atom. The van der Waals surface area contributed by atoms with Crippen LogP contribution in [0.3, 0.4) is 0 Å². The minimum atomic E-state index is -0.449. The van der Waals surface area contributed by atoms with E-state index in [2.05, 4.69) is 16.1 Å². The van der Waals surface area contributed by atoms with E-state index in [-0.39, 0.29) is 12.1 Å². The molecule has 0 aromatic heterocycles. The standard InChI is InChI=1S/C6H14N2O2/c1-6(2,3)8-4-5(9)10-7/h8H,4,7H2,1-3H3. The van der Waals surface area contributed by atoms with Gasteiger partial charge in [0, 0.05) is 5.54 Å². The molecule has 3 N–H and O–H groups in total. The minimum absolute atomic E-state index is 0.0752. The fraction of sp³-hybridized carbons (Fsp3) is 0.833. The van der Waals surface area contributed by atoms with E-state index in [0.717, 1.165) is 0 Å². The highest BCUT2D eigenvalue weighted by Crippen LogP contribution is 1.96. The molecular weight excluding hydrogens is 132 g/mol. The van der Waals surface area contributed by atoms with Crippen LogP contribution in [0.5, 0.6) is 0 Å². The molecule has 0 fully saturated rings. The molecule has 0 heterocycles. The van der Waals surface area contributed by atoms with Crippen LogP contribution in [0.4, 0.5) is 0 Å². The SMILES string of the molecule is CC(C)(C)NCC(=O)ON.